The van der Waals surface area contributed by atoms with Crippen LogP contribution in [0.4, 0.5) is 11.4 Å². The van der Waals surface area contributed by atoms with Gasteiger partial charge in [0.25, 0.3) is 11.8 Å². The first-order valence-corrected chi connectivity index (χ1v) is 10.9. The highest BCUT2D eigenvalue weighted by atomic mass is 32.2. The number of fused-ring (bicyclic) bond motifs is 1. The molecule has 0 unspecified atom stereocenters. The van der Waals surface area contributed by atoms with Crippen LogP contribution in [0.3, 0.4) is 0 Å². The lowest BCUT2D eigenvalue weighted by Gasteiger charge is -2.17. The number of amides is 3. The summed E-state index contributed by atoms with van der Waals surface area (Å²) < 4.78 is 5.49. The summed E-state index contributed by atoms with van der Waals surface area (Å²) in [4.78, 5) is 42.0. The molecule has 162 valence electrons. The van der Waals surface area contributed by atoms with Crippen LogP contribution in [-0.2, 0) is 14.4 Å². The molecule has 2 aromatic rings. The third-order valence-corrected chi connectivity index (χ3v) is 6.43. The molecule has 2 heterocycles. The molecular formula is C23H19N3O4S2. The van der Waals surface area contributed by atoms with Crippen molar-refractivity contribution in [1.82, 2.24) is 4.90 Å². The Morgan fingerprint density at radius 2 is 1.84 bits per heavy atom. The molecule has 0 atom stereocenters. The predicted octanol–water partition coefficient (Wildman–Crippen LogP) is 3.44. The fourth-order valence-corrected chi connectivity index (χ4v) is 4.86. The Morgan fingerprint density at radius 1 is 1.12 bits per heavy atom. The summed E-state index contributed by atoms with van der Waals surface area (Å²) in [5, 5.41) is 2.78. The summed E-state index contributed by atoms with van der Waals surface area (Å²) in [5.41, 5.74) is 2.03. The molecule has 0 saturated carbocycles. The molecule has 0 aromatic heterocycles. The zero-order chi connectivity index (χ0) is 22.8. The van der Waals surface area contributed by atoms with E-state index < -0.39 is 5.91 Å². The first-order valence-electron chi connectivity index (χ1n) is 9.68. The molecule has 0 radical (unpaired) electrons. The third kappa shape index (κ3) is 3.92. The summed E-state index contributed by atoms with van der Waals surface area (Å²) >= 11 is 6.40. The fourth-order valence-electron chi connectivity index (χ4n) is 3.51. The quantitative estimate of drug-likeness (QED) is 0.400. The molecule has 9 heteroatoms. The molecule has 3 amide bonds. The number of ether oxygens (including phenoxy) is 1. The van der Waals surface area contributed by atoms with Crippen LogP contribution in [0.1, 0.15) is 5.56 Å². The number of carbonyl (C=O) groups is 3. The minimum absolute atomic E-state index is 0.196. The van der Waals surface area contributed by atoms with Crippen LogP contribution in [0, 0.1) is 0 Å². The summed E-state index contributed by atoms with van der Waals surface area (Å²) in [6.07, 6.45) is 1.58. The van der Waals surface area contributed by atoms with E-state index in [2.05, 4.69) is 11.9 Å². The van der Waals surface area contributed by atoms with Crippen molar-refractivity contribution in [2.24, 2.45) is 0 Å². The SMILES string of the molecule is C=CCN1C(=O)/C(=C2\C(=O)N(CC(=O)Nc3ccc(OC)cc3)c3ccccc32)SC1=S. The maximum absolute atomic E-state index is 13.4. The molecule has 1 N–H and O–H groups in total. The second-order valence-corrected chi connectivity index (χ2v) is 8.61. The van der Waals surface area contributed by atoms with Gasteiger partial charge in [-0.15, -0.1) is 6.58 Å². The minimum atomic E-state index is -0.407. The van der Waals surface area contributed by atoms with E-state index in [4.69, 9.17) is 17.0 Å². The summed E-state index contributed by atoms with van der Waals surface area (Å²) in [6.45, 7) is 3.72. The number of nitrogens with zero attached hydrogens (tertiary/aromatic N) is 2. The molecule has 7 nitrogen and oxygen atoms in total. The van der Waals surface area contributed by atoms with Crippen LogP contribution < -0.4 is 15.0 Å². The van der Waals surface area contributed by atoms with Crippen LogP contribution in [0.15, 0.2) is 66.1 Å². The van der Waals surface area contributed by atoms with Gasteiger partial charge in [0, 0.05) is 17.8 Å². The average Bonchev–Trinajstić information content (AvgIpc) is 3.22. The van der Waals surface area contributed by atoms with E-state index in [0.717, 1.165) is 11.8 Å². The van der Waals surface area contributed by atoms with Crippen molar-refractivity contribution in [1.29, 1.82) is 0 Å². The van der Waals surface area contributed by atoms with Gasteiger partial charge in [-0.2, -0.15) is 0 Å². The van der Waals surface area contributed by atoms with E-state index in [1.807, 2.05) is 0 Å². The van der Waals surface area contributed by atoms with Crippen molar-refractivity contribution in [2.45, 2.75) is 0 Å². The number of hydrogen-bond donors (Lipinski definition) is 1. The second kappa shape index (κ2) is 8.97. The number of thiocarbonyl (C=S) groups is 1. The topological polar surface area (TPSA) is 79.0 Å². The summed E-state index contributed by atoms with van der Waals surface area (Å²) in [5.74, 6) is -0.429. The van der Waals surface area contributed by atoms with Gasteiger partial charge in [-0.05, 0) is 30.3 Å². The highest BCUT2D eigenvalue weighted by Gasteiger charge is 2.42. The maximum atomic E-state index is 13.4. The van der Waals surface area contributed by atoms with E-state index in [9.17, 15) is 14.4 Å². The number of methoxy groups -OCH3 is 1. The van der Waals surface area contributed by atoms with Crippen molar-refractivity contribution in [3.63, 3.8) is 0 Å². The monoisotopic (exact) mass is 465 g/mol. The summed E-state index contributed by atoms with van der Waals surface area (Å²) in [6, 6.07) is 14.0. The van der Waals surface area contributed by atoms with Gasteiger partial charge in [-0.3, -0.25) is 24.2 Å². The molecular weight excluding hydrogens is 446 g/mol. The van der Waals surface area contributed by atoms with E-state index in [-0.39, 0.29) is 35.4 Å². The number of anilines is 2. The maximum Gasteiger partial charge on any atom is 0.267 e. The highest BCUT2D eigenvalue weighted by molar-refractivity contribution is 8.26. The number of thioether (sulfide) groups is 1. The van der Waals surface area contributed by atoms with Gasteiger partial charge in [-0.1, -0.05) is 48.3 Å². The van der Waals surface area contributed by atoms with Gasteiger partial charge < -0.3 is 10.1 Å². The lowest BCUT2D eigenvalue weighted by molar-refractivity contribution is -0.122. The normalized spacial score (nSPS) is 17.6. The van der Waals surface area contributed by atoms with Crippen LogP contribution >= 0.6 is 24.0 Å². The zero-order valence-corrected chi connectivity index (χ0v) is 18.8. The number of rotatable bonds is 6. The average molecular weight is 466 g/mol. The Morgan fingerprint density at radius 3 is 2.53 bits per heavy atom. The lowest BCUT2D eigenvalue weighted by Crippen LogP contribution is -2.35. The number of para-hydroxylation sites is 1. The molecule has 2 aromatic carbocycles. The number of carbonyl (C=O) groups excluding carboxylic acids is 3. The van der Waals surface area contributed by atoms with E-state index >= 15 is 0 Å². The van der Waals surface area contributed by atoms with Crippen LogP contribution in [0.2, 0.25) is 0 Å². The Bertz CT molecular complexity index is 1170. The first-order chi connectivity index (χ1) is 15.4. The van der Waals surface area contributed by atoms with E-state index in [1.54, 1.807) is 61.7 Å². The van der Waals surface area contributed by atoms with E-state index in [0.29, 0.717) is 27.0 Å². The van der Waals surface area contributed by atoms with Crippen molar-refractivity contribution in [3.05, 3.63) is 71.7 Å². The molecule has 1 fully saturated rings. The molecule has 1 saturated heterocycles. The van der Waals surface area contributed by atoms with Crippen LogP contribution in [0.5, 0.6) is 5.75 Å². The lowest BCUT2D eigenvalue weighted by atomic mass is 10.1. The van der Waals surface area contributed by atoms with Gasteiger partial charge >= 0.3 is 0 Å². The predicted molar refractivity (Wildman–Crippen MR) is 129 cm³/mol. The van der Waals surface area contributed by atoms with Crippen LogP contribution in [-0.4, -0.2) is 47.1 Å². The van der Waals surface area contributed by atoms with Crippen molar-refractivity contribution in [3.8, 4) is 5.75 Å². The number of benzene rings is 2. The Kier molecular flexibility index (Phi) is 6.11. The smallest absolute Gasteiger partial charge is 0.267 e. The number of nitrogens with one attached hydrogen (secondary N) is 1. The first kappa shape index (κ1) is 21.8. The Hall–Kier alpha value is -3.43. The summed E-state index contributed by atoms with van der Waals surface area (Å²) in [7, 11) is 1.56. The molecule has 0 aliphatic carbocycles. The van der Waals surface area contributed by atoms with E-state index in [1.165, 1.54) is 9.80 Å². The highest BCUT2D eigenvalue weighted by Crippen LogP contribution is 2.44. The standard InChI is InChI=1S/C23H19N3O4S2/c1-3-12-25-22(29)20(32-23(25)31)19-16-6-4-5-7-17(16)26(21(19)28)13-18(27)24-14-8-10-15(30-2)11-9-14/h3-11H,1,12-13H2,2H3,(H,24,27)/b20-19+. The largest absolute Gasteiger partial charge is 0.497 e. The van der Waals surface area contributed by atoms with Crippen molar-refractivity contribution >= 4 is 63.0 Å². The van der Waals surface area contributed by atoms with Gasteiger partial charge in [0.15, 0.2) is 0 Å². The van der Waals surface area contributed by atoms with Crippen molar-refractivity contribution < 1.29 is 19.1 Å². The van der Waals surface area contributed by atoms with Gasteiger partial charge in [0.05, 0.1) is 23.3 Å². The minimum Gasteiger partial charge on any atom is -0.497 e. The molecule has 32 heavy (non-hydrogen) atoms. The molecule has 4 rings (SSSR count). The molecule has 2 aliphatic rings. The Labute approximate surface area is 194 Å². The zero-order valence-electron chi connectivity index (χ0n) is 17.2. The van der Waals surface area contributed by atoms with Gasteiger partial charge in [0.1, 0.15) is 16.6 Å². The molecule has 2 aliphatic heterocycles. The Balaban J connectivity index is 1.62. The molecule has 0 bridgehead atoms. The second-order valence-electron chi connectivity index (χ2n) is 6.96. The van der Waals surface area contributed by atoms with Crippen LogP contribution in [0.25, 0.3) is 5.57 Å². The van der Waals surface area contributed by atoms with Gasteiger partial charge in [-0.25, -0.2) is 0 Å². The van der Waals surface area contributed by atoms with Gasteiger partial charge in [0.2, 0.25) is 5.91 Å². The third-order valence-electron chi connectivity index (χ3n) is 4.99. The fraction of sp³-hybridized carbons (Fsp3) is 0.130. The molecule has 0 spiro atoms. The van der Waals surface area contributed by atoms with Crippen molar-refractivity contribution in [2.75, 3.05) is 30.4 Å². The number of hydrogen-bond acceptors (Lipinski definition) is 6.